The predicted octanol–water partition coefficient (Wildman–Crippen LogP) is 3.75. The third-order valence-corrected chi connectivity index (χ3v) is 6.17. The molecule has 0 atom stereocenters. The number of amides is 2. The number of nitrogens with zero attached hydrogens (tertiary/aromatic N) is 2. The number of fused-ring (bicyclic) bond motifs is 3. The van der Waals surface area contributed by atoms with Gasteiger partial charge in [-0.2, -0.15) is 5.10 Å². The first-order valence-electron chi connectivity index (χ1n) is 10.2. The van der Waals surface area contributed by atoms with Crippen LogP contribution in [0.15, 0.2) is 53.0 Å². The van der Waals surface area contributed by atoms with Gasteiger partial charge >= 0.3 is 12.1 Å². The molecule has 0 saturated heterocycles. The van der Waals surface area contributed by atoms with E-state index >= 15 is 0 Å². The summed E-state index contributed by atoms with van der Waals surface area (Å²) in [6, 6.07) is 16.1. The van der Waals surface area contributed by atoms with Crippen LogP contribution < -0.4 is 10.6 Å². The quantitative estimate of drug-likeness (QED) is 0.443. The van der Waals surface area contributed by atoms with Gasteiger partial charge in [0.2, 0.25) is 5.91 Å². The Bertz CT molecular complexity index is 1190. The summed E-state index contributed by atoms with van der Waals surface area (Å²) in [6.45, 7) is 0.240. The fraction of sp³-hybridized carbons (Fsp3) is 0.217. The summed E-state index contributed by atoms with van der Waals surface area (Å²) < 4.78 is 6.76. The normalized spacial score (nSPS) is 12.1. The molecule has 1 heterocycles. The highest BCUT2D eigenvalue weighted by Gasteiger charge is 2.29. The van der Waals surface area contributed by atoms with E-state index in [4.69, 9.17) is 9.84 Å². The van der Waals surface area contributed by atoms with Crippen LogP contribution in [0.2, 0.25) is 0 Å². The molecule has 0 aliphatic heterocycles. The average Bonchev–Trinajstić information content (AvgIpc) is 3.25. The molecule has 1 aromatic heterocycles. The summed E-state index contributed by atoms with van der Waals surface area (Å²) in [4.78, 5) is 35.6. The number of benzene rings is 2. The standard InChI is InChI=1S/C23H21BrN4O5/c1-28-20(22(30)31)19(24)21(27-28)26-18(29)10-11-25-23(32)33-12-17-15-8-4-2-6-13(15)14-7-3-5-9-16(14)17/h2-9,17H,10-12H2,1H3,(H,25,32)(H,30,31)(H,26,27,29). The molecule has 0 saturated carbocycles. The molecule has 2 amide bonds. The first-order valence-corrected chi connectivity index (χ1v) is 11.0. The summed E-state index contributed by atoms with van der Waals surface area (Å²) in [5.41, 5.74) is 4.44. The molecular weight excluding hydrogens is 492 g/mol. The van der Waals surface area contributed by atoms with Crippen molar-refractivity contribution in [3.05, 3.63) is 69.8 Å². The molecule has 0 unspecified atom stereocenters. The van der Waals surface area contributed by atoms with Crippen LogP contribution in [0.5, 0.6) is 0 Å². The van der Waals surface area contributed by atoms with Gasteiger partial charge in [0.15, 0.2) is 11.5 Å². The number of ether oxygens (including phenoxy) is 1. The number of hydrogen-bond acceptors (Lipinski definition) is 5. The molecule has 0 spiro atoms. The summed E-state index contributed by atoms with van der Waals surface area (Å²) >= 11 is 3.13. The Kier molecular flexibility index (Phi) is 6.45. The third kappa shape index (κ3) is 4.61. The van der Waals surface area contributed by atoms with Crippen LogP contribution in [0, 0.1) is 0 Å². The van der Waals surface area contributed by atoms with Crippen LogP contribution in [-0.4, -0.2) is 46.0 Å². The maximum Gasteiger partial charge on any atom is 0.407 e. The van der Waals surface area contributed by atoms with E-state index in [9.17, 15) is 14.4 Å². The predicted molar refractivity (Wildman–Crippen MR) is 124 cm³/mol. The molecule has 2 aromatic carbocycles. The van der Waals surface area contributed by atoms with Gasteiger partial charge in [-0.3, -0.25) is 9.48 Å². The van der Waals surface area contributed by atoms with Crippen molar-refractivity contribution in [3.8, 4) is 11.1 Å². The number of anilines is 1. The van der Waals surface area contributed by atoms with E-state index in [2.05, 4.69) is 43.8 Å². The van der Waals surface area contributed by atoms with E-state index in [-0.39, 0.29) is 41.5 Å². The number of carboxylic acids is 1. The Morgan fingerprint density at radius 3 is 2.27 bits per heavy atom. The molecule has 4 rings (SSSR count). The SMILES string of the molecule is Cn1nc(NC(=O)CCNC(=O)OCC2c3ccccc3-c3ccccc32)c(Br)c1C(=O)O. The molecule has 0 fully saturated rings. The van der Waals surface area contributed by atoms with E-state index in [1.165, 1.54) is 7.05 Å². The number of carbonyl (C=O) groups excluding carboxylic acids is 2. The minimum Gasteiger partial charge on any atom is -0.476 e. The van der Waals surface area contributed by atoms with E-state index in [0.29, 0.717) is 0 Å². The zero-order chi connectivity index (χ0) is 23.5. The zero-order valence-electron chi connectivity index (χ0n) is 17.7. The molecule has 3 aromatic rings. The first-order chi connectivity index (χ1) is 15.9. The second-order valence-corrected chi connectivity index (χ2v) is 8.28. The number of aromatic nitrogens is 2. The van der Waals surface area contributed by atoms with Crippen molar-refractivity contribution in [3.63, 3.8) is 0 Å². The minimum absolute atomic E-state index is 0.0321. The van der Waals surface area contributed by atoms with Crippen molar-refractivity contribution in [1.29, 1.82) is 0 Å². The van der Waals surface area contributed by atoms with Gasteiger partial charge in [0.25, 0.3) is 0 Å². The van der Waals surface area contributed by atoms with Crippen molar-refractivity contribution < 1.29 is 24.2 Å². The lowest BCUT2D eigenvalue weighted by Crippen LogP contribution is -2.29. The fourth-order valence-corrected chi connectivity index (χ4v) is 4.54. The van der Waals surface area contributed by atoms with E-state index in [1.807, 2.05) is 36.4 Å². The molecule has 3 N–H and O–H groups in total. The van der Waals surface area contributed by atoms with Crippen molar-refractivity contribution in [2.75, 3.05) is 18.5 Å². The minimum atomic E-state index is -1.17. The number of halogens is 1. The van der Waals surface area contributed by atoms with Gasteiger partial charge in [0.1, 0.15) is 6.61 Å². The zero-order valence-corrected chi connectivity index (χ0v) is 19.3. The maximum atomic E-state index is 12.2. The van der Waals surface area contributed by atoms with E-state index in [1.54, 1.807) is 0 Å². The summed E-state index contributed by atoms with van der Waals surface area (Å²) in [6.07, 6.45) is -0.646. The van der Waals surface area contributed by atoms with E-state index in [0.717, 1.165) is 26.9 Å². The number of carbonyl (C=O) groups is 3. The van der Waals surface area contributed by atoms with Gasteiger partial charge in [-0.25, -0.2) is 9.59 Å². The largest absolute Gasteiger partial charge is 0.476 e. The highest BCUT2D eigenvalue weighted by atomic mass is 79.9. The molecule has 10 heteroatoms. The molecule has 1 aliphatic carbocycles. The summed E-state index contributed by atoms with van der Waals surface area (Å²) in [7, 11) is 1.46. The van der Waals surface area contributed by atoms with Crippen molar-refractivity contribution in [2.24, 2.45) is 7.05 Å². The summed E-state index contributed by atoms with van der Waals surface area (Å²) in [5.74, 6) is -1.54. The second-order valence-electron chi connectivity index (χ2n) is 7.49. The third-order valence-electron chi connectivity index (χ3n) is 5.41. The molecule has 33 heavy (non-hydrogen) atoms. The number of aryl methyl sites for hydroxylation is 1. The van der Waals surface area contributed by atoms with Crippen LogP contribution in [0.1, 0.15) is 34.0 Å². The Morgan fingerprint density at radius 2 is 1.70 bits per heavy atom. The van der Waals surface area contributed by atoms with Crippen molar-refractivity contribution in [2.45, 2.75) is 12.3 Å². The Balaban J connectivity index is 1.27. The van der Waals surface area contributed by atoms with Crippen LogP contribution in [-0.2, 0) is 16.6 Å². The van der Waals surface area contributed by atoms with E-state index < -0.39 is 18.0 Å². The number of nitrogens with one attached hydrogen (secondary N) is 2. The van der Waals surface area contributed by atoms with Gasteiger partial charge in [0.05, 0.1) is 4.47 Å². The maximum absolute atomic E-state index is 12.2. The van der Waals surface area contributed by atoms with Crippen LogP contribution in [0.3, 0.4) is 0 Å². The monoisotopic (exact) mass is 512 g/mol. The first kappa shape index (κ1) is 22.5. The van der Waals surface area contributed by atoms with Crippen molar-refractivity contribution in [1.82, 2.24) is 15.1 Å². The number of aromatic carboxylic acids is 1. The number of hydrogen-bond donors (Lipinski definition) is 3. The van der Waals surface area contributed by atoms with Crippen LogP contribution >= 0.6 is 15.9 Å². The molecule has 170 valence electrons. The smallest absolute Gasteiger partial charge is 0.407 e. The highest BCUT2D eigenvalue weighted by Crippen LogP contribution is 2.44. The lowest BCUT2D eigenvalue weighted by Gasteiger charge is -2.14. The Hall–Kier alpha value is -3.66. The van der Waals surface area contributed by atoms with Gasteiger partial charge in [-0.15, -0.1) is 0 Å². The molecule has 1 aliphatic rings. The fourth-order valence-electron chi connectivity index (χ4n) is 3.93. The molecular formula is C23H21BrN4O5. The van der Waals surface area contributed by atoms with Gasteiger partial charge < -0.3 is 20.5 Å². The van der Waals surface area contributed by atoms with Gasteiger partial charge in [-0.05, 0) is 38.2 Å². The topological polar surface area (TPSA) is 123 Å². The Morgan fingerprint density at radius 1 is 1.09 bits per heavy atom. The molecule has 9 nitrogen and oxygen atoms in total. The second kappa shape index (κ2) is 9.45. The summed E-state index contributed by atoms with van der Waals surface area (Å²) in [5, 5.41) is 18.2. The van der Waals surface area contributed by atoms with Gasteiger partial charge in [0, 0.05) is 25.9 Å². The number of carboxylic acid groups (broad SMARTS) is 1. The Labute approximate surface area is 197 Å². The van der Waals surface area contributed by atoms with Crippen LogP contribution in [0.4, 0.5) is 10.6 Å². The average molecular weight is 513 g/mol. The van der Waals surface area contributed by atoms with Crippen LogP contribution in [0.25, 0.3) is 11.1 Å². The highest BCUT2D eigenvalue weighted by molar-refractivity contribution is 9.10. The van der Waals surface area contributed by atoms with Gasteiger partial charge in [-0.1, -0.05) is 48.5 Å². The van der Waals surface area contributed by atoms with Crippen molar-refractivity contribution >= 4 is 39.7 Å². The lowest BCUT2D eigenvalue weighted by atomic mass is 9.98. The molecule has 0 radical (unpaired) electrons. The lowest BCUT2D eigenvalue weighted by molar-refractivity contribution is -0.116. The molecule has 0 bridgehead atoms. The number of alkyl carbamates (subject to hydrolysis) is 1. The number of rotatable bonds is 7.